The molecule has 88 valence electrons. The minimum absolute atomic E-state index is 0.188. The number of hydrogen-bond acceptors (Lipinski definition) is 4. The van der Waals surface area contributed by atoms with E-state index in [2.05, 4.69) is 15.5 Å². The van der Waals surface area contributed by atoms with Gasteiger partial charge in [-0.25, -0.2) is 5.10 Å². The van der Waals surface area contributed by atoms with E-state index in [-0.39, 0.29) is 17.2 Å². The molecule has 0 aliphatic carbocycles. The summed E-state index contributed by atoms with van der Waals surface area (Å²) >= 11 is 0. The van der Waals surface area contributed by atoms with E-state index in [1.54, 1.807) is 11.9 Å². The molecule has 0 aliphatic rings. The molecule has 16 heavy (non-hydrogen) atoms. The van der Waals surface area contributed by atoms with Crippen LogP contribution in [0.2, 0.25) is 0 Å². The number of carbonyl (C=O) groups excluding carboxylic acids is 1. The van der Waals surface area contributed by atoms with Crippen molar-refractivity contribution < 1.29 is 4.79 Å². The van der Waals surface area contributed by atoms with E-state index in [0.29, 0.717) is 6.54 Å². The number of aromatic amines is 1. The minimum atomic E-state index is -0.311. The molecule has 6 nitrogen and oxygen atoms in total. The normalized spacial score (nSPS) is 10.1. The molecular weight excluding hydrogens is 208 g/mol. The molecule has 6 heteroatoms. The maximum Gasteiger partial charge on any atom is 0.274 e. The zero-order valence-electron chi connectivity index (χ0n) is 9.49. The Balaban J connectivity index is 2.56. The summed E-state index contributed by atoms with van der Waals surface area (Å²) in [6.07, 6.45) is 0.877. The highest BCUT2D eigenvalue weighted by molar-refractivity contribution is 5.91. The van der Waals surface area contributed by atoms with Crippen molar-refractivity contribution in [2.45, 2.75) is 6.42 Å². The van der Waals surface area contributed by atoms with Crippen LogP contribution in [0.3, 0.4) is 0 Å². The topological polar surface area (TPSA) is 78.1 Å². The second kappa shape index (κ2) is 6.02. The fourth-order valence-corrected chi connectivity index (χ4v) is 1.25. The van der Waals surface area contributed by atoms with Crippen LogP contribution in [0.4, 0.5) is 0 Å². The Morgan fingerprint density at radius 1 is 1.56 bits per heavy atom. The summed E-state index contributed by atoms with van der Waals surface area (Å²) in [6.45, 7) is 1.51. The largest absolute Gasteiger partial charge is 0.340 e. The molecule has 2 N–H and O–H groups in total. The minimum Gasteiger partial charge on any atom is -0.340 e. The van der Waals surface area contributed by atoms with Crippen molar-refractivity contribution >= 4 is 5.91 Å². The molecule has 1 heterocycles. The van der Waals surface area contributed by atoms with E-state index in [1.807, 2.05) is 7.05 Å². The maximum atomic E-state index is 11.8. The third kappa shape index (κ3) is 3.47. The van der Waals surface area contributed by atoms with Crippen molar-refractivity contribution in [2.24, 2.45) is 0 Å². The van der Waals surface area contributed by atoms with Gasteiger partial charge in [-0.05, 0) is 26.1 Å². The number of hydrogen-bond donors (Lipinski definition) is 2. The fraction of sp³-hybridized carbons (Fsp3) is 0.500. The van der Waals surface area contributed by atoms with E-state index >= 15 is 0 Å². The van der Waals surface area contributed by atoms with Crippen LogP contribution in [0, 0.1) is 0 Å². The van der Waals surface area contributed by atoms with E-state index < -0.39 is 0 Å². The van der Waals surface area contributed by atoms with Crippen LogP contribution in [0.5, 0.6) is 0 Å². The van der Waals surface area contributed by atoms with Crippen molar-refractivity contribution in [3.05, 3.63) is 28.2 Å². The van der Waals surface area contributed by atoms with Gasteiger partial charge in [0, 0.05) is 19.7 Å². The Hall–Kier alpha value is -1.69. The van der Waals surface area contributed by atoms with Crippen LogP contribution >= 0.6 is 0 Å². The second-order valence-electron chi connectivity index (χ2n) is 3.49. The molecule has 0 saturated heterocycles. The van der Waals surface area contributed by atoms with Crippen molar-refractivity contribution in [1.82, 2.24) is 20.4 Å². The van der Waals surface area contributed by atoms with Crippen LogP contribution in [0.1, 0.15) is 16.9 Å². The van der Waals surface area contributed by atoms with Crippen molar-refractivity contribution in [3.63, 3.8) is 0 Å². The standard InChI is InChI=1S/C10H16N4O2/c1-11-6-3-7-14(2)10(16)8-4-5-9(15)13-12-8/h4-5,11H,3,6-7H2,1-2H3,(H,13,15). The quantitative estimate of drug-likeness (QED) is 0.658. The number of nitrogens with zero attached hydrogens (tertiary/aromatic N) is 2. The molecule has 1 aromatic rings. The summed E-state index contributed by atoms with van der Waals surface area (Å²) < 4.78 is 0. The Kier molecular flexibility index (Phi) is 4.65. The van der Waals surface area contributed by atoms with Gasteiger partial charge in [0.05, 0.1) is 0 Å². The first-order chi connectivity index (χ1) is 7.65. The molecule has 0 radical (unpaired) electrons. The van der Waals surface area contributed by atoms with Gasteiger partial charge >= 0.3 is 0 Å². The van der Waals surface area contributed by atoms with Crippen LogP contribution in [-0.2, 0) is 0 Å². The van der Waals surface area contributed by atoms with E-state index in [9.17, 15) is 9.59 Å². The molecule has 1 rings (SSSR count). The lowest BCUT2D eigenvalue weighted by molar-refractivity contribution is 0.0786. The van der Waals surface area contributed by atoms with Gasteiger partial charge in [-0.15, -0.1) is 0 Å². The third-order valence-corrected chi connectivity index (χ3v) is 2.17. The van der Waals surface area contributed by atoms with Crippen molar-refractivity contribution in [2.75, 3.05) is 27.2 Å². The highest BCUT2D eigenvalue weighted by Crippen LogP contribution is 1.97. The molecule has 0 spiro atoms. The number of amides is 1. The number of rotatable bonds is 5. The van der Waals surface area contributed by atoms with E-state index in [4.69, 9.17) is 0 Å². The number of nitrogens with one attached hydrogen (secondary N) is 2. The fourth-order valence-electron chi connectivity index (χ4n) is 1.25. The second-order valence-corrected chi connectivity index (χ2v) is 3.49. The molecule has 0 bridgehead atoms. The summed E-state index contributed by atoms with van der Waals surface area (Å²) in [7, 11) is 3.58. The van der Waals surface area contributed by atoms with Gasteiger partial charge in [-0.2, -0.15) is 5.10 Å². The Bertz CT molecular complexity index is 382. The zero-order chi connectivity index (χ0) is 12.0. The smallest absolute Gasteiger partial charge is 0.274 e. The molecule has 0 aromatic carbocycles. The summed E-state index contributed by atoms with van der Waals surface area (Å²) in [4.78, 5) is 24.1. The Morgan fingerprint density at radius 3 is 2.88 bits per heavy atom. The Morgan fingerprint density at radius 2 is 2.31 bits per heavy atom. The van der Waals surface area contributed by atoms with Gasteiger partial charge in [0.1, 0.15) is 5.69 Å². The van der Waals surface area contributed by atoms with Crippen molar-refractivity contribution in [3.8, 4) is 0 Å². The maximum absolute atomic E-state index is 11.8. The lowest BCUT2D eigenvalue weighted by Gasteiger charge is -2.15. The van der Waals surface area contributed by atoms with Gasteiger partial charge in [-0.3, -0.25) is 9.59 Å². The molecular formula is C10H16N4O2. The lowest BCUT2D eigenvalue weighted by Crippen LogP contribution is -2.30. The van der Waals surface area contributed by atoms with Gasteiger partial charge in [0.15, 0.2) is 0 Å². The predicted octanol–water partition coefficient (Wildman–Crippen LogP) is -0.549. The summed E-state index contributed by atoms with van der Waals surface area (Å²) in [5.41, 5.74) is -0.0547. The van der Waals surface area contributed by atoms with Crippen LogP contribution in [0.25, 0.3) is 0 Å². The third-order valence-electron chi connectivity index (χ3n) is 2.17. The number of carbonyl (C=O) groups is 1. The average Bonchev–Trinajstić information content (AvgIpc) is 2.29. The van der Waals surface area contributed by atoms with Crippen LogP contribution < -0.4 is 10.9 Å². The van der Waals surface area contributed by atoms with E-state index in [1.165, 1.54) is 12.1 Å². The predicted molar refractivity (Wildman–Crippen MR) is 60.4 cm³/mol. The highest BCUT2D eigenvalue weighted by Gasteiger charge is 2.12. The molecule has 0 saturated carbocycles. The molecule has 1 amide bonds. The summed E-state index contributed by atoms with van der Waals surface area (Å²) in [5, 5.41) is 8.93. The van der Waals surface area contributed by atoms with Crippen LogP contribution in [0.15, 0.2) is 16.9 Å². The molecule has 0 aliphatic heterocycles. The summed E-state index contributed by atoms with van der Waals surface area (Å²) in [5.74, 6) is -0.188. The monoisotopic (exact) mass is 224 g/mol. The zero-order valence-corrected chi connectivity index (χ0v) is 9.49. The number of aromatic nitrogens is 2. The first kappa shape index (κ1) is 12.4. The number of H-pyrrole nitrogens is 1. The van der Waals surface area contributed by atoms with Crippen molar-refractivity contribution in [1.29, 1.82) is 0 Å². The first-order valence-corrected chi connectivity index (χ1v) is 5.11. The van der Waals surface area contributed by atoms with Gasteiger partial charge in [0.2, 0.25) is 0 Å². The van der Waals surface area contributed by atoms with Gasteiger partial charge in [0.25, 0.3) is 11.5 Å². The molecule has 1 aromatic heterocycles. The average molecular weight is 224 g/mol. The summed E-state index contributed by atoms with van der Waals surface area (Å²) in [6, 6.07) is 2.72. The van der Waals surface area contributed by atoms with Crippen LogP contribution in [-0.4, -0.2) is 48.2 Å². The SMILES string of the molecule is CNCCCN(C)C(=O)c1ccc(=O)[nH]n1. The lowest BCUT2D eigenvalue weighted by atomic mass is 10.3. The van der Waals surface area contributed by atoms with E-state index in [0.717, 1.165) is 13.0 Å². The van der Waals surface area contributed by atoms with Gasteiger partial charge in [-0.1, -0.05) is 0 Å². The Labute approximate surface area is 93.7 Å². The molecule has 0 unspecified atom stereocenters. The van der Waals surface area contributed by atoms with Gasteiger partial charge < -0.3 is 10.2 Å². The molecule has 0 fully saturated rings. The molecule has 0 atom stereocenters. The highest BCUT2D eigenvalue weighted by atomic mass is 16.2. The first-order valence-electron chi connectivity index (χ1n) is 5.11.